The van der Waals surface area contributed by atoms with Crippen molar-refractivity contribution in [2.45, 2.75) is 26.3 Å². The Morgan fingerprint density at radius 1 is 1.26 bits per heavy atom. The molecule has 1 aromatic carbocycles. The van der Waals surface area contributed by atoms with Crippen LogP contribution in [0.15, 0.2) is 45.5 Å². The number of hydrogen-bond donors (Lipinski definition) is 2. The minimum atomic E-state index is -2.89. The molecule has 0 radical (unpaired) electrons. The Morgan fingerprint density at radius 2 is 1.97 bits per heavy atom. The van der Waals surface area contributed by atoms with Crippen LogP contribution in [-0.2, 0) is 9.73 Å². The van der Waals surface area contributed by atoms with Gasteiger partial charge in [-0.1, -0.05) is 11.6 Å². The molecule has 0 aliphatic rings. The maximum Gasteiger partial charge on any atom is 0.274 e. The van der Waals surface area contributed by atoms with E-state index < -0.39 is 27.1 Å². The summed E-state index contributed by atoms with van der Waals surface area (Å²) in [5, 5.41) is 28.3. The molecular formula is C24H22BrClN8O3S. The summed E-state index contributed by atoms with van der Waals surface area (Å²) in [5.41, 5.74) is -0.117. The van der Waals surface area contributed by atoms with Gasteiger partial charge in [0.05, 0.1) is 43.4 Å². The van der Waals surface area contributed by atoms with Crippen molar-refractivity contribution >= 4 is 54.8 Å². The fraction of sp³-hybridized carbons (Fsp3) is 0.250. The van der Waals surface area contributed by atoms with Crippen molar-refractivity contribution in [3.8, 4) is 18.1 Å². The number of nitrogens with zero attached hydrogens (tertiary/aromatic N) is 6. The number of amides is 2. The molecule has 38 heavy (non-hydrogen) atoms. The molecule has 2 heterocycles. The average molecular weight is 618 g/mol. The standard InChI is InChI=1S/C24H22BrClN8O3S/c1-14-8-15(11-27)9-16(22(35)32-24(2,3)12-38(4,37)30-13-28)20(14)31-23(36)18-10-19(25)33-34(18)21-17(26)6-5-7-29-21/h5-10H,12H2,1-4H3,(H,31,36)(H,32,35). The second-order valence-electron chi connectivity index (χ2n) is 8.99. The molecule has 0 aliphatic carbocycles. The van der Waals surface area contributed by atoms with Crippen LogP contribution in [0.1, 0.15) is 45.8 Å². The Bertz CT molecular complexity index is 1640. The van der Waals surface area contributed by atoms with E-state index in [1.165, 1.54) is 41.5 Å². The summed E-state index contributed by atoms with van der Waals surface area (Å²) >= 11 is 9.52. The molecular weight excluding hydrogens is 596 g/mol. The van der Waals surface area contributed by atoms with Crippen LogP contribution in [0.3, 0.4) is 0 Å². The van der Waals surface area contributed by atoms with Crippen LogP contribution in [0, 0.1) is 29.7 Å². The van der Waals surface area contributed by atoms with Crippen molar-refractivity contribution in [1.29, 1.82) is 10.5 Å². The summed E-state index contributed by atoms with van der Waals surface area (Å²) in [6.45, 7) is 4.91. The number of nitrogens with one attached hydrogen (secondary N) is 2. The van der Waals surface area contributed by atoms with Gasteiger partial charge < -0.3 is 10.6 Å². The molecule has 3 rings (SSSR count). The Labute approximate surface area is 233 Å². The lowest BCUT2D eigenvalue weighted by Crippen LogP contribution is -2.48. The van der Waals surface area contributed by atoms with Gasteiger partial charge in [0, 0.05) is 24.1 Å². The third kappa shape index (κ3) is 6.75. The summed E-state index contributed by atoms with van der Waals surface area (Å²) < 4.78 is 17.6. The highest BCUT2D eigenvalue weighted by Gasteiger charge is 2.28. The smallest absolute Gasteiger partial charge is 0.274 e. The van der Waals surface area contributed by atoms with E-state index in [-0.39, 0.29) is 39.1 Å². The van der Waals surface area contributed by atoms with E-state index in [9.17, 15) is 19.1 Å². The number of hydrogen-bond acceptors (Lipinski definition) is 8. The maximum absolute atomic E-state index is 13.4. The quantitative estimate of drug-likeness (QED) is 0.375. The normalized spacial score (nSPS) is 12.5. The van der Waals surface area contributed by atoms with Gasteiger partial charge in [-0.05, 0) is 66.5 Å². The number of carbonyl (C=O) groups excluding carboxylic acids is 2. The van der Waals surface area contributed by atoms with Gasteiger partial charge in [0.2, 0.25) is 6.19 Å². The van der Waals surface area contributed by atoms with Crippen LogP contribution in [0.4, 0.5) is 5.69 Å². The van der Waals surface area contributed by atoms with Crippen molar-refractivity contribution in [2.75, 3.05) is 17.3 Å². The number of halogens is 2. The third-order valence-corrected chi connectivity index (χ3v) is 7.52. The second-order valence-corrected chi connectivity index (χ2v) is 12.6. The molecule has 11 nitrogen and oxygen atoms in total. The summed E-state index contributed by atoms with van der Waals surface area (Å²) in [5.74, 6) is -1.11. The molecule has 2 amide bonds. The van der Waals surface area contributed by atoms with Gasteiger partial charge in [0.15, 0.2) is 5.82 Å². The number of rotatable bonds is 7. The van der Waals surface area contributed by atoms with Crippen LogP contribution >= 0.6 is 27.5 Å². The lowest BCUT2D eigenvalue weighted by atomic mass is 10.0. The molecule has 0 fully saturated rings. The zero-order valence-electron chi connectivity index (χ0n) is 20.7. The summed E-state index contributed by atoms with van der Waals surface area (Å²) in [7, 11) is -2.89. The van der Waals surface area contributed by atoms with E-state index in [0.29, 0.717) is 10.2 Å². The van der Waals surface area contributed by atoms with E-state index in [4.69, 9.17) is 16.9 Å². The number of carbonyl (C=O) groups is 2. The number of aryl methyl sites for hydroxylation is 1. The summed E-state index contributed by atoms with van der Waals surface area (Å²) in [6.07, 6.45) is 4.37. The molecule has 14 heteroatoms. The second kappa shape index (κ2) is 11.3. The molecule has 0 spiro atoms. The zero-order chi connectivity index (χ0) is 28.3. The predicted molar refractivity (Wildman–Crippen MR) is 146 cm³/mol. The Balaban J connectivity index is 2.01. The van der Waals surface area contributed by atoms with Crippen molar-refractivity contribution < 1.29 is 13.8 Å². The Kier molecular flexibility index (Phi) is 8.57. The fourth-order valence-electron chi connectivity index (χ4n) is 3.78. The van der Waals surface area contributed by atoms with Crippen molar-refractivity contribution in [3.05, 3.63) is 68.5 Å². The minimum Gasteiger partial charge on any atom is -0.346 e. The van der Waals surface area contributed by atoms with Gasteiger partial charge in [0.1, 0.15) is 10.3 Å². The fourth-order valence-corrected chi connectivity index (χ4v) is 6.01. The predicted octanol–water partition coefficient (Wildman–Crippen LogP) is 4.20. The van der Waals surface area contributed by atoms with Crippen LogP contribution in [-0.4, -0.2) is 48.3 Å². The summed E-state index contributed by atoms with van der Waals surface area (Å²) in [6, 6.07) is 9.60. The first-order valence-corrected chi connectivity index (χ1v) is 14.2. The van der Waals surface area contributed by atoms with Crippen LogP contribution in [0.2, 0.25) is 5.02 Å². The molecule has 0 bridgehead atoms. The van der Waals surface area contributed by atoms with E-state index in [1.807, 2.05) is 6.07 Å². The molecule has 1 atom stereocenters. The van der Waals surface area contributed by atoms with Crippen LogP contribution in [0.5, 0.6) is 0 Å². The summed E-state index contributed by atoms with van der Waals surface area (Å²) in [4.78, 5) is 31.0. The van der Waals surface area contributed by atoms with E-state index in [2.05, 4.69) is 41.0 Å². The first-order valence-electron chi connectivity index (χ1n) is 10.9. The van der Waals surface area contributed by atoms with E-state index >= 15 is 0 Å². The van der Waals surface area contributed by atoms with Crippen LogP contribution in [0.25, 0.3) is 5.82 Å². The van der Waals surface area contributed by atoms with Crippen molar-refractivity contribution in [2.24, 2.45) is 4.36 Å². The Morgan fingerprint density at radius 3 is 2.61 bits per heavy atom. The monoisotopic (exact) mass is 616 g/mol. The molecule has 2 N–H and O–H groups in total. The highest BCUT2D eigenvalue weighted by Crippen LogP contribution is 2.27. The highest BCUT2D eigenvalue weighted by atomic mass is 79.9. The number of anilines is 1. The number of aromatic nitrogens is 3. The maximum atomic E-state index is 13.4. The van der Waals surface area contributed by atoms with E-state index in [0.717, 1.165) is 0 Å². The van der Waals surface area contributed by atoms with Gasteiger partial charge in [-0.25, -0.2) is 13.9 Å². The zero-order valence-corrected chi connectivity index (χ0v) is 23.9. The Hall–Kier alpha value is -3.78. The van der Waals surface area contributed by atoms with Crippen LogP contribution < -0.4 is 10.6 Å². The van der Waals surface area contributed by atoms with Gasteiger partial charge in [-0.2, -0.15) is 15.6 Å². The lowest BCUT2D eigenvalue weighted by molar-refractivity contribution is 0.0921. The highest BCUT2D eigenvalue weighted by molar-refractivity contribution is 9.10. The van der Waals surface area contributed by atoms with E-state index in [1.54, 1.807) is 32.9 Å². The molecule has 196 valence electrons. The SMILES string of the molecule is Cc1cc(C#N)cc(C(=O)NC(C)(C)CS(C)(=O)=NC#N)c1NC(=O)c1cc(Br)nn1-c1ncccc1Cl. The third-order valence-electron chi connectivity index (χ3n) is 5.11. The topological polar surface area (TPSA) is 166 Å². The van der Waals surface area contributed by atoms with Gasteiger partial charge in [0.25, 0.3) is 11.8 Å². The van der Waals surface area contributed by atoms with Gasteiger partial charge in [-0.15, -0.1) is 4.36 Å². The molecule has 0 saturated heterocycles. The number of pyridine rings is 1. The molecule has 0 saturated carbocycles. The lowest BCUT2D eigenvalue weighted by Gasteiger charge is -2.27. The minimum absolute atomic E-state index is 0.0174. The van der Waals surface area contributed by atoms with Crippen molar-refractivity contribution in [1.82, 2.24) is 20.1 Å². The first-order chi connectivity index (χ1) is 17.8. The number of benzene rings is 1. The van der Waals surface area contributed by atoms with Gasteiger partial charge >= 0.3 is 0 Å². The largest absolute Gasteiger partial charge is 0.346 e. The van der Waals surface area contributed by atoms with Crippen molar-refractivity contribution in [3.63, 3.8) is 0 Å². The molecule has 0 aliphatic heterocycles. The van der Waals surface area contributed by atoms with Gasteiger partial charge in [-0.3, -0.25) is 9.59 Å². The average Bonchev–Trinajstić information content (AvgIpc) is 3.20. The number of nitriles is 2. The molecule has 2 aromatic heterocycles. The first kappa shape index (κ1) is 28.8. The molecule has 3 aromatic rings. The molecule has 1 unspecified atom stereocenters.